The number of hydrogen-bond donors (Lipinski definition) is 1. The summed E-state index contributed by atoms with van der Waals surface area (Å²) >= 11 is 0. The third-order valence-electron chi connectivity index (χ3n) is 3.79. The van der Waals surface area contributed by atoms with Crippen LogP contribution in [0.15, 0.2) is 24.3 Å². The summed E-state index contributed by atoms with van der Waals surface area (Å²) in [6.45, 7) is 5.69. The van der Waals surface area contributed by atoms with Gasteiger partial charge in [-0.05, 0) is 31.4 Å². The van der Waals surface area contributed by atoms with E-state index >= 15 is 0 Å². The maximum absolute atomic E-state index is 12.5. The van der Waals surface area contributed by atoms with Crippen molar-refractivity contribution >= 4 is 5.91 Å². The van der Waals surface area contributed by atoms with Crippen molar-refractivity contribution in [3.8, 4) is 6.07 Å². The van der Waals surface area contributed by atoms with Gasteiger partial charge >= 0.3 is 0 Å². The van der Waals surface area contributed by atoms with E-state index in [-0.39, 0.29) is 17.9 Å². The second kappa shape index (κ2) is 6.53. The van der Waals surface area contributed by atoms with Crippen molar-refractivity contribution in [1.82, 2.24) is 10.2 Å². The predicted octanol–water partition coefficient (Wildman–Crippen LogP) is 1.71. The molecule has 106 valence electrons. The quantitative estimate of drug-likeness (QED) is 0.907. The molecule has 1 aliphatic heterocycles. The summed E-state index contributed by atoms with van der Waals surface area (Å²) in [7, 11) is 0. The monoisotopic (exact) mass is 271 g/mol. The van der Waals surface area contributed by atoms with Gasteiger partial charge in [0.2, 0.25) is 5.91 Å². The lowest BCUT2D eigenvalue weighted by Crippen LogP contribution is -2.50. The van der Waals surface area contributed by atoms with E-state index in [1.54, 1.807) is 4.90 Å². The van der Waals surface area contributed by atoms with Crippen LogP contribution >= 0.6 is 0 Å². The second-order valence-corrected chi connectivity index (χ2v) is 5.31. The molecule has 2 atom stereocenters. The van der Waals surface area contributed by atoms with E-state index in [1.807, 2.05) is 26.0 Å². The lowest BCUT2D eigenvalue weighted by molar-refractivity contribution is -0.133. The van der Waals surface area contributed by atoms with Gasteiger partial charge in [0.05, 0.1) is 18.0 Å². The van der Waals surface area contributed by atoms with Crippen LogP contribution in [0, 0.1) is 17.2 Å². The third kappa shape index (κ3) is 3.17. The highest BCUT2D eigenvalue weighted by molar-refractivity contribution is 5.82. The lowest BCUT2D eigenvalue weighted by Gasteiger charge is -2.31. The zero-order chi connectivity index (χ0) is 14.5. The molecule has 0 radical (unpaired) electrons. The van der Waals surface area contributed by atoms with Crippen molar-refractivity contribution in [2.75, 3.05) is 13.1 Å². The molecule has 2 unspecified atom stereocenters. The third-order valence-corrected chi connectivity index (χ3v) is 3.79. The molecule has 1 heterocycles. The molecule has 4 nitrogen and oxygen atoms in total. The van der Waals surface area contributed by atoms with Crippen molar-refractivity contribution in [3.05, 3.63) is 35.4 Å². The summed E-state index contributed by atoms with van der Waals surface area (Å²) in [6, 6.07) is 10.2. The number of benzene rings is 1. The van der Waals surface area contributed by atoms with E-state index in [1.165, 1.54) is 11.1 Å². The SMILES string of the molecule is CCN(CC(C)C#N)C(=O)C1Cc2ccccc2CN1. The number of likely N-dealkylation sites (N-methyl/N-ethyl adjacent to an activating group) is 1. The fourth-order valence-electron chi connectivity index (χ4n) is 2.60. The maximum Gasteiger partial charge on any atom is 0.240 e. The number of carbonyl (C=O) groups is 1. The average Bonchev–Trinajstić information content (AvgIpc) is 2.51. The predicted molar refractivity (Wildman–Crippen MR) is 77.8 cm³/mol. The summed E-state index contributed by atoms with van der Waals surface area (Å²) in [5, 5.41) is 12.2. The van der Waals surface area contributed by atoms with Crippen molar-refractivity contribution in [3.63, 3.8) is 0 Å². The molecule has 2 rings (SSSR count). The van der Waals surface area contributed by atoms with Gasteiger partial charge in [-0.2, -0.15) is 5.26 Å². The van der Waals surface area contributed by atoms with E-state index in [4.69, 9.17) is 5.26 Å². The topological polar surface area (TPSA) is 56.1 Å². The largest absolute Gasteiger partial charge is 0.340 e. The number of carbonyl (C=O) groups excluding carboxylic acids is 1. The number of fused-ring (bicyclic) bond motifs is 1. The van der Waals surface area contributed by atoms with E-state index in [0.717, 1.165) is 13.0 Å². The first-order valence-electron chi connectivity index (χ1n) is 7.14. The van der Waals surface area contributed by atoms with Crippen LogP contribution in [0.2, 0.25) is 0 Å². The Kier molecular flexibility index (Phi) is 4.75. The molecule has 1 aromatic rings. The molecule has 0 saturated carbocycles. The zero-order valence-electron chi connectivity index (χ0n) is 12.1. The highest BCUT2D eigenvalue weighted by Crippen LogP contribution is 2.17. The Morgan fingerprint density at radius 1 is 1.50 bits per heavy atom. The van der Waals surface area contributed by atoms with E-state index in [0.29, 0.717) is 13.1 Å². The van der Waals surface area contributed by atoms with Gasteiger partial charge in [0.1, 0.15) is 0 Å². The minimum Gasteiger partial charge on any atom is -0.340 e. The van der Waals surface area contributed by atoms with Crippen LogP contribution in [0.25, 0.3) is 0 Å². The van der Waals surface area contributed by atoms with Crippen molar-refractivity contribution < 1.29 is 4.79 Å². The Bertz CT molecular complexity index is 521. The van der Waals surface area contributed by atoms with Gasteiger partial charge in [-0.15, -0.1) is 0 Å². The average molecular weight is 271 g/mol. The first-order chi connectivity index (χ1) is 9.65. The summed E-state index contributed by atoms with van der Waals surface area (Å²) < 4.78 is 0. The lowest BCUT2D eigenvalue weighted by atomic mass is 9.95. The number of rotatable bonds is 4. The Morgan fingerprint density at radius 2 is 2.20 bits per heavy atom. The molecule has 1 N–H and O–H groups in total. The van der Waals surface area contributed by atoms with Crippen LogP contribution in [0.4, 0.5) is 0 Å². The van der Waals surface area contributed by atoms with Crippen LogP contribution < -0.4 is 5.32 Å². The highest BCUT2D eigenvalue weighted by atomic mass is 16.2. The molecule has 0 fully saturated rings. The number of nitrogens with zero attached hydrogens (tertiary/aromatic N) is 2. The fourth-order valence-corrected chi connectivity index (χ4v) is 2.60. The molecule has 0 bridgehead atoms. The van der Waals surface area contributed by atoms with Crippen LogP contribution in [-0.4, -0.2) is 29.9 Å². The summed E-state index contributed by atoms with van der Waals surface area (Å²) in [4.78, 5) is 14.3. The normalized spacial score (nSPS) is 18.8. The van der Waals surface area contributed by atoms with Gasteiger partial charge < -0.3 is 10.2 Å². The summed E-state index contributed by atoms with van der Waals surface area (Å²) in [6.07, 6.45) is 0.729. The number of nitrogens with one attached hydrogen (secondary N) is 1. The second-order valence-electron chi connectivity index (χ2n) is 5.31. The van der Waals surface area contributed by atoms with Gasteiger partial charge in [-0.25, -0.2) is 0 Å². The molecular weight excluding hydrogens is 250 g/mol. The Labute approximate surface area is 120 Å². The van der Waals surface area contributed by atoms with Gasteiger partial charge in [-0.1, -0.05) is 24.3 Å². The molecule has 0 aliphatic carbocycles. The van der Waals surface area contributed by atoms with Crippen LogP contribution in [0.3, 0.4) is 0 Å². The minimum atomic E-state index is -0.171. The molecule has 4 heteroatoms. The van der Waals surface area contributed by atoms with E-state index < -0.39 is 0 Å². The van der Waals surface area contributed by atoms with Gasteiger partial charge in [0.25, 0.3) is 0 Å². The van der Waals surface area contributed by atoms with Crippen LogP contribution in [0.1, 0.15) is 25.0 Å². The Hall–Kier alpha value is -1.86. The first-order valence-corrected chi connectivity index (χ1v) is 7.14. The fraction of sp³-hybridized carbons (Fsp3) is 0.500. The molecule has 0 saturated heterocycles. The van der Waals surface area contributed by atoms with Crippen molar-refractivity contribution in [1.29, 1.82) is 5.26 Å². The molecule has 1 aromatic carbocycles. The van der Waals surface area contributed by atoms with Crippen LogP contribution in [0.5, 0.6) is 0 Å². The van der Waals surface area contributed by atoms with Crippen molar-refractivity contribution in [2.24, 2.45) is 5.92 Å². The van der Waals surface area contributed by atoms with E-state index in [9.17, 15) is 4.79 Å². The van der Waals surface area contributed by atoms with Gasteiger partial charge in [0.15, 0.2) is 0 Å². The Morgan fingerprint density at radius 3 is 2.85 bits per heavy atom. The molecule has 0 aromatic heterocycles. The summed E-state index contributed by atoms with van der Waals surface area (Å²) in [5.74, 6) is -0.0288. The molecule has 1 aliphatic rings. The smallest absolute Gasteiger partial charge is 0.240 e. The van der Waals surface area contributed by atoms with Gasteiger partial charge in [0, 0.05) is 19.6 Å². The molecule has 1 amide bonds. The van der Waals surface area contributed by atoms with Gasteiger partial charge in [-0.3, -0.25) is 4.79 Å². The first kappa shape index (κ1) is 14.5. The summed E-state index contributed by atoms with van der Waals surface area (Å²) in [5.41, 5.74) is 2.51. The maximum atomic E-state index is 12.5. The highest BCUT2D eigenvalue weighted by Gasteiger charge is 2.27. The number of hydrogen-bond acceptors (Lipinski definition) is 3. The molecule has 20 heavy (non-hydrogen) atoms. The molecular formula is C16H21N3O. The molecule has 0 spiro atoms. The number of amides is 1. The zero-order valence-corrected chi connectivity index (χ0v) is 12.1. The standard InChI is InChI=1S/C16H21N3O/c1-3-19(11-12(2)9-17)16(20)15-8-13-6-4-5-7-14(13)10-18-15/h4-7,12,15,18H,3,8,10-11H2,1-2H3. The van der Waals surface area contributed by atoms with Crippen LogP contribution in [-0.2, 0) is 17.8 Å². The van der Waals surface area contributed by atoms with Crippen molar-refractivity contribution in [2.45, 2.75) is 32.9 Å². The Balaban J connectivity index is 2.05. The minimum absolute atomic E-state index is 0.101. The number of nitriles is 1. The van der Waals surface area contributed by atoms with E-state index in [2.05, 4.69) is 23.5 Å².